The van der Waals surface area contributed by atoms with Gasteiger partial charge in [-0.3, -0.25) is 0 Å². The van der Waals surface area contributed by atoms with E-state index >= 15 is 0 Å². The van der Waals surface area contributed by atoms with E-state index in [-0.39, 0.29) is 6.79 Å². The number of hydrogen-bond donors (Lipinski definition) is 1. The standard InChI is InChI=1S/C15H13F2NO3/c1-19-13-2-9(3-14-15(13)21-8-20-14)7-18-12-5-10(16)4-11(17)6-12/h2-6,18H,7-8H2,1H3. The van der Waals surface area contributed by atoms with Crippen molar-refractivity contribution in [1.82, 2.24) is 0 Å². The minimum Gasteiger partial charge on any atom is -0.493 e. The highest BCUT2D eigenvalue weighted by Gasteiger charge is 2.19. The summed E-state index contributed by atoms with van der Waals surface area (Å²) >= 11 is 0. The Morgan fingerprint density at radius 3 is 2.57 bits per heavy atom. The van der Waals surface area contributed by atoms with Crippen molar-refractivity contribution in [2.24, 2.45) is 0 Å². The van der Waals surface area contributed by atoms with Crippen LogP contribution < -0.4 is 19.5 Å². The lowest BCUT2D eigenvalue weighted by Crippen LogP contribution is -2.01. The van der Waals surface area contributed by atoms with Crippen LogP contribution in [0.15, 0.2) is 30.3 Å². The minimum atomic E-state index is -0.624. The Labute approximate surface area is 120 Å². The highest BCUT2D eigenvalue weighted by Crippen LogP contribution is 2.41. The maximum Gasteiger partial charge on any atom is 0.231 e. The number of rotatable bonds is 4. The van der Waals surface area contributed by atoms with Crippen LogP contribution in [0.2, 0.25) is 0 Å². The fourth-order valence-corrected chi connectivity index (χ4v) is 2.15. The van der Waals surface area contributed by atoms with Gasteiger partial charge in [-0.25, -0.2) is 8.78 Å². The zero-order chi connectivity index (χ0) is 14.8. The molecular weight excluding hydrogens is 280 g/mol. The molecule has 1 heterocycles. The van der Waals surface area contributed by atoms with E-state index in [1.54, 1.807) is 12.1 Å². The van der Waals surface area contributed by atoms with E-state index in [2.05, 4.69) is 5.32 Å². The van der Waals surface area contributed by atoms with Gasteiger partial charge < -0.3 is 19.5 Å². The molecule has 4 nitrogen and oxygen atoms in total. The van der Waals surface area contributed by atoms with Gasteiger partial charge in [0.1, 0.15) is 11.6 Å². The Morgan fingerprint density at radius 2 is 1.86 bits per heavy atom. The molecule has 0 unspecified atom stereocenters. The van der Waals surface area contributed by atoms with E-state index in [9.17, 15) is 8.78 Å². The number of ether oxygens (including phenoxy) is 3. The van der Waals surface area contributed by atoms with Gasteiger partial charge in [-0.05, 0) is 29.8 Å². The van der Waals surface area contributed by atoms with Gasteiger partial charge in [0.2, 0.25) is 12.5 Å². The number of halogens is 2. The van der Waals surface area contributed by atoms with Crippen LogP contribution >= 0.6 is 0 Å². The van der Waals surface area contributed by atoms with Crippen LogP contribution in [-0.4, -0.2) is 13.9 Å². The molecule has 0 radical (unpaired) electrons. The van der Waals surface area contributed by atoms with Gasteiger partial charge in [-0.2, -0.15) is 0 Å². The van der Waals surface area contributed by atoms with Gasteiger partial charge in [0.25, 0.3) is 0 Å². The Morgan fingerprint density at radius 1 is 1.10 bits per heavy atom. The first-order valence-corrected chi connectivity index (χ1v) is 6.32. The molecule has 0 saturated carbocycles. The Hall–Kier alpha value is -2.50. The summed E-state index contributed by atoms with van der Waals surface area (Å²) in [6.07, 6.45) is 0. The van der Waals surface area contributed by atoms with Crippen molar-refractivity contribution in [3.63, 3.8) is 0 Å². The van der Waals surface area contributed by atoms with Crippen LogP contribution in [0.1, 0.15) is 5.56 Å². The van der Waals surface area contributed by atoms with E-state index in [0.29, 0.717) is 29.5 Å². The summed E-state index contributed by atoms with van der Waals surface area (Å²) in [6, 6.07) is 6.87. The van der Waals surface area contributed by atoms with E-state index in [1.807, 2.05) is 0 Å². The molecule has 2 aromatic rings. The SMILES string of the molecule is COc1cc(CNc2cc(F)cc(F)c2)cc2c1OCO2. The molecule has 0 spiro atoms. The predicted octanol–water partition coefficient (Wildman–Crippen LogP) is 3.31. The second kappa shape index (κ2) is 5.47. The molecule has 1 aliphatic heterocycles. The van der Waals surface area contributed by atoms with Gasteiger partial charge in [-0.15, -0.1) is 0 Å². The fourth-order valence-electron chi connectivity index (χ4n) is 2.15. The van der Waals surface area contributed by atoms with E-state index in [1.165, 1.54) is 19.2 Å². The number of fused-ring (bicyclic) bond motifs is 1. The summed E-state index contributed by atoms with van der Waals surface area (Å²) in [6.45, 7) is 0.521. The first kappa shape index (κ1) is 13.5. The van der Waals surface area contributed by atoms with Gasteiger partial charge in [0, 0.05) is 18.3 Å². The largest absolute Gasteiger partial charge is 0.493 e. The van der Waals surface area contributed by atoms with Crippen LogP contribution in [0.5, 0.6) is 17.2 Å². The van der Waals surface area contributed by atoms with E-state index in [4.69, 9.17) is 14.2 Å². The maximum absolute atomic E-state index is 13.1. The molecule has 21 heavy (non-hydrogen) atoms. The second-order valence-corrected chi connectivity index (χ2v) is 4.54. The lowest BCUT2D eigenvalue weighted by Gasteiger charge is -2.10. The molecule has 2 aromatic carbocycles. The quantitative estimate of drug-likeness (QED) is 0.938. The summed E-state index contributed by atoms with van der Waals surface area (Å²) in [4.78, 5) is 0. The van der Waals surface area contributed by atoms with Crippen molar-refractivity contribution in [2.45, 2.75) is 6.54 Å². The molecule has 0 amide bonds. The molecule has 1 N–H and O–H groups in total. The smallest absolute Gasteiger partial charge is 0.231 e. The zero-order valence-electron chi connectivity index (χ0n) is 11.3. The summed E-state index contributed by atoms with van der Waals surface area (Å²) in [5, 5.41) is 2.95. The molecule has 0 saturated heterocycles. The van der Waals surface area contributed by atoms with Gasteiger partial charge in [0.15, 0.2) is 11.5 Å². The molecule has 0 atom stereocenters. The molecule has 3 rings (SSSR count). The third kappa shape index (κ3) is 2.84. The molecule has 0 bridgehead atoms. The summed E-state index contributed by atoms with van der Waals surface area (Å²) < 4.78 is 42.1. The molecule has 0 fully saturated rings. The number of nitrogens with one attached hydrogen (secondary N) is 1. The third-order valence-electron chi connectivity index (χ3n) is 3.08. The van der Waals surface area contributed by atoms with E-state index in [0.717, 1.165) is 11.6 Å². The first-order valence-electron chi connectivity index (χ1n) is 6.32. The lowest BCUT2D eigenvalue weighted by atomic mass is 10.1. The first-order chi connectivity index (χ1) is 10.2. The summed E-state index contributed by atoms with van der Waals surface area (Å²) in [5.74, 6) is 0.475. The Bertz CT molecular complexity index is 656. The Balaban J connectivity index is 1.79. The Kier molecular flexibility index (Phi) is 3.51. The van der Waals surface area contributed by atoms with Crippen LogP contribution in [0, 0.1) is 11.6 Å². The minimum absolute atomic E-state index is 0.150. The van der Waals surface area contributed by atoms with Crippen molar-refractivity contribution in [3.8, 4) is 17.2 Å². The number of benzene rings is 2. The second-order valence-electron chi connectivity index (χ2n) is 4.54. The third-order valence-corrected chi connectivity index (χ3v) is 3.08. The van der Waals surface area contributed by atoms with Crippen molar-refractivity contribution < 1.29 is 23.0 Å². The predicted molar refractivity (Wildman–Crippen MR) is 72.8 cm³/mol. The molecule has 0 aromatic heterocycles. The summed E-state index contributed by atoms with van der Waals surface area (Å²) in [5.41, 5.74) is 1.21. The lowest BCUT2D eigenvalue weighted by molar-refractivity contribution is 0.171. The number of methoxy groups -OCH3 is 1. The normalized spacial score (nSPS) is 12.3. The van der Waals surface area contributed by atoms with Crippen LogP contribution in [0.4, 0.5) is 14.5 Å². The van der Waals surface area contributed by atoms with E-state index < -0.39 is 11.6 Å². The van der Waals surface area contributed by atoms with Crippen molar-refractivity contribution >= 4 is 5.69 Å². The molecule has 1 aliphatic rings. The number of hydrogen-bond acceptors (Lipinski definition) is 4. The summed E-state index contributed by atoms with van der Waals surface area (Å²) in [7, 11) is 1.54. The van der Waals surface area contributed by atoms with Gasteiger partial charge >= 0.3 is 0 Å². The topological polar surface area (TPSA) is 39.7 Å². The highest BCUT2D eigenvalue weighted by atomic mass is 19.1. The molecule has 6 heteroatoms. The maximum atomic E-state index is 13.1. The monoisotopic (exact) mass is 293 g/mol. The average molecular weight is 293 g/mol. The highest BCUT2D eigenvalue weighted by molar-refractivity contribution is 5.56. The number of anilines is 1. The van der Waals surface area contributed by atoms with Crippen LogP contribution in [-0.2, 0) is 6.54 Å². The van der Waals surface area contributed by atoms with Crippen molar-refractivity contribution in [2.75, 3.05) is 19.2 Å². The van der Waals surface area contributed by atoms with Gasteiger partial charge in [-0.1, -0.05) is 0 Å². The molecule has 110 valence electrons. The van der Waals surface area contributed by atoms with Crippen LogP contribution in [0.3, 0.4) is 0 Å². The van der Waals surface area contributed by atoms with Gasteiger partial charge in [0.05, 0.1) is 7.11 Å². The van der Waals surface area contributed by atoms with Crippen molar-refractivity contribution in [3.05, 3.63) is 47.5 Å². The fraction of sp³-hybridized carbons (Fsp3) is 0.200. The molecular formula is C15H13F2NO3. The zero-order valence-corrected chi connectivity index (χ0v) is 11.3. The molecule has 0 aliphatic carbocycles. The average Bonchev–Trinajstić information content (AvgIpc) is 2.91. The van der Waals surface area contributed by atoms with Crippen LogP contribution in [0.25, 0.3) is 0 Å². The van der Waals surface area contributed by atoms with Crippen molar-refractivity contribution in [1.29, 1.82) is 0 Å².